The zero-order valence-corrected chi connectivity index (χ0v) is 23.0. The number of hydrogen-bond acceptors (Lipinski definition) is 5. The molecule has 2 amide bonds. The lowest BCUT2D eigenvalue weighted by Crippen LogP contribution is -2.52. The summed E-state index contributed by atoms with van der Waals surface area (Å²) in [5, 5.41) is 2.93. The van der Waals surface area contributed by atoms with Crippen LogP contribution in [0.3, 0.4) is 0 Å². The van der Waals surface area contributed by atoms with Gasteiger partial charge in [0, 0.05) is 12.6 Å². The van der Waals surface area contributed by atoms with Gasteiger partial charge in [0.1, 0.15) is 18.3 Å². The second kappa shape index (κ2) is 13.1. The van der Waals surface area contributed by atoms with Gasteiger partial charge < -0.3 is 15.0 Å². The molecule has 0 aromatic heterocycles. The van der Waals surface area contributed by atoms with Crippen molar-refractivity contribution >= 4 is 27.5 Å². The molecule has 0 aliphatic rings. The van der Waals surface area contributed by atoms with Crippen LogP contribution >= 0.6 is 0 Å². The molecule has 0 aliphatic heterocycles. The summed E-state index contributed by atoms with van der Waals surface area (Å²) in [7, 11) is -2.58. The van der Waals surface area contributed by atoms with Crippen molar-refractivity contribution < 1.29 is 22.7 Å². The van der Waals surface area contributed by atoms with Crippen LogP contribution in [0.5, 0.6) is 5.75 Å². The Hall–Kier alpha value is -3.85. The van der Waals surface area contributed by atoms with E-state index in [0.29, 0.717) is 11.4 Å². The summed E-state index contributed by atoms with van der Waals surface area (Å²) in [5.74, 6) is -0.250. The highest BCUT2D eigenvalue weighted by molar-refractivity contribution is 7.92. The van der Waals surface area contributed by atoms with E-state index in [0.717, 1.165) is 16.3 Å². The molecule has 0 bridgehead atoms. The zero-order chi connectivity index (χ0) is 27.7. The third-order valence-electron chi connectivity index (χ3n) is 6.33. The summed E-state index contributed by atoms with van der Waals surface area (Å²) in [6, 6.07) is 22.8. The van der Waals surface area contributed by atoms with Gasteiger partial charge in [-0.1, -0.05) is 55.5 Å². The highest BCUT2D eigenvalue weighted by Gasteiger charge is 2.32. The molecule has 0 heterocycles. The van der Waals surface area contributed by atoms with Crippen LogP contribution in [-0.2, 0) is 26.2 Å². The zero-order valence-electron chi connectivity index (χ0n) is 22.2. The number of benzene rings is 3. The van der Waals surface area contributed by atoms with E-state index in [1.54, 1.807) is 49.4 Å². The Bertz CT molecular complexity index is 1300. The van der Waals surface area contributed by atoms with E-state index in [9.17, 15) is 18.0 Å². The Balaban J connectivity index is 2.00. The van der Waals surface area contributed by atoms with Gasteiger partial charge in [0.2, 0.25) is 11.8 Å². The Morgan fingerprint density at radius 2 is 1.47 bits per heavy atom. The molecular weight excluding hydrogens is 502 g/mol. The van der Waals surface area contributed by atoms with Crippen molar-refractivity contribution in [2.45, 2.75) is 50.7 Å². The summed E-state index contributed by atoms with van der Waals surface area (Å²) in [5.41, 5.74) is 1.13. The summed E-state index contributed by atoms with van der Waals surface area (Å²) in [6.07, 6.45) is 0.742. The van der Waals surface area contributed by atoms with Crippen LogP contribution in [0.25, 0.3) is 0 Å². The molecule has 0 aliphatic carbocycles. The fraction of sp³-hybridized carbons (Fsp3) is 0.310. The lowest BCUT2D eigenvalue weighted by molar-refractivity contribution is -0.139. The maximum Gasteiger partial charge on any atom is 0.264 e. The number of amides is 2. The fourth-order valence-electron chi connectivity index (χ4n) is 3.83. The first kappa shape index (κ1) is 28.7. The number of anilines is 1. The minimum Gasteiger partial charge on any atom is -0.497 e. The first-order valence-electron chi connectivity index (χ1n) is 12.5. The predicted octanol–water partition coefficient (Wildman–Crippen LogP) is 4.22. The van der Waals surface area contributed by atoms with E-state index in [4.69, 9.17) is 4.74 Å². The maximum atomic E-state index is 13.8. The number of carbonyl (C=O) groups is 2. The predicted molar refractivity (Wildman–Crippen MR) is 148 cm³/mol. The summed E-state index contributed by atoms with van der Waals surface area (Å²) < 4.78 is 33.8. The molecule has 9 heteroatoms. The molecule has 3 aromatic carbocycles. The molecule has 0 saturated carbocycles. The van der Waals surface area contributed by atoms with Crippen LogP contribution in [0.2, 0.25) is 0 Å². The molecule has 0 fully saturated rings. The SMILES string of the molecule is CC[C@H](C)NC(=O)[C@@H](C)N(Cc1ccccc1)C(=O)CN(c1ccc(OC)cc1)S(=O)(=O)c1ccccc1. The van der Waals surface area contributed by atoms with Crippen molar-refractivity contribution in [3.8, 4) is 5.75 Å². The molecule has 0 unspecified atom stereocenters. The van der Waals surface area contributed by atoms with Crippen molar-refractivity contribution in [1.82, 2.24) is 10.2 Å². The summed E-state index contributed by atoms with van der Waals surface area (Å²) >= 11 is 0. The lowest BCUT2D eigenvalue weighted by atomic mass is 10.1. The number of nitrogens with one attached hydrogen (secondary N) is 1. The van der Waals surface area contributed by atoms with Gasteiger partial charge in [-0.2, -0.15) is 0 Å². The van der Waals surface area contributed by atoms with Gasteiger partial charge >= 0.3 is 0 Å². The van der Waals surface area contributed by atoms with E-state index in [2.05, 4.69) is 5.32 Å². The number of ether oxygens (including phenoxy) is 1. The second-order valence-electron chi connectivity index (χ2n) is 9.02. The molecule has 2 atom stereocenters. The second-order valence-corrected chi connectivity index (χ2v) is 10.9. The minimum atomic E-state index is -4.10. The Labute approximate surface area is 225 Å². The van der Waals surface area contributed by atoms with E-state index >= 15 is 0 Å². The number of methoxy groups -OCH3 is 1. The van der Waals surface area contributed by atoms with Gasteiger partial charge in [-0.15, -0.1) is 0 Å². The van der Waals surface area contributed by atoms with Gasteiger partial charge in [-0.3, -0.25) is 13.9 Å². The van der Waals surface area contributed by atoms with Crippen LogP contribution in [0.4, 0.5) is 5.69 Å². The van der Waals surface area contributed by atoms with Crippen LogP contribution in [0.15, 0.2) is 89.8 Å². The van der Waals surface area contributed by atoms with Crippen molar-refractivity contribution in [2.75, 3.05) is 18.0 Å². The molecule has 1 N–H and O–H groups in total. The van der Waals surface area contributed by atoms with Crippen LogP contribution in [0, 0.1) is 0 Å². The topological polar surface area (TPSA) is 96.0 Å². The third-order valence-corrected chi connectivity index (χ3v) is 8.12. The van der Waals surface area contributed by atoms with Crippen molar-refractivity contribution in [2.24, 2.45) is 0 Å². The van der Waals surface area contributed by atoms with Crippen molar-refractivity contribution in [3.63, 3.8) is 0 Å². The van der Waals surface area contributed by atoms with Crippen LogP contribution in [-0.4, -0.2) is 50.9 Å². The standard InChI is InChI=1S/C29H35N3O5S/c1-5-22(2)30-29(34)23(3)31(20-24-12-8-6-9-13-24)28(33)21-32(25-16-18-26(37-4)19-17-25)38(35,36)27-14-10-7-11-15-27/h6-19,22-23H,5,20-21H2,1-4H3,(H,30,34)/t22-,23+/m0/s1. The molecular formula is C29H35N3O5S. The number of nitrogens with zero attached hydrogens (tertiary/aromatic N) is 2. The fourth-order valence-corrected chi connectivity index (χ4v) is 5.26. The largest absolute Gasteiger partial charge is 0.497 e. The van der Waals surface area contributed by atoms with Gasteiger partial charge in [0.25, 0.3) is 10.0 Å². The van der Waals surface area contributed by atoms with E-state index in [1.807, 2.05) is 44.2 Å². The van der Waals surface area contributed by atoms with Crippen molar-refractivity contribution in [1.29, 1.82) is 0 Å². The average Bonchev–Trinajstić information content (AvgIpc) is 2.95. The Kier molecular flexibility index (Phi) is 9.90. The molecule has 3 aromatic rings. The normalized spacial score (nSPS) is 12.7. The number of rotatable bonds is 12. The Morgan fingerprint density at radius 1 is 0.895 bits per heavy atom. The maximum absolute atomic E-state index is 13.8. The number of carbonyl (C=O) groups excluding carboxylic acids is 2. The monoisotopic (exact) mass is 537 g/mol. The molecule has 3 rings (SSSR count). The van der Waals surface area contributed by atoms with Crippen LogP contribution < -0.4 is 14.4 Å². The highest BCUT2D eigenvalue weighted by Crippen LogP contribution is 2.26. The van der Waals surface area contributed by atoms with Gasteiger partial charge in [0.05, 0.1) is 17.7 Å². The van der Waals surface area contributed by atoms with Crippen molar-refractivity contribution in [3.05, 3.63) is 90.5 Å². The Morgan fingerprint density at radius 3 is 2.03 bits per heavy atom. The number of hydrogen-bond donors (Lipinski definition) is 1. The lowest BCUT2D eigenvalue weighted by Gasteiger charge is -2.32. The molecule has 0 saturated heterocycles. The van der Waals surface area contributed by atoms with E-state index in [-0.39, 0.29) is 23.4 Å². The summed E-state index contributed by atoms with van der Waals surface area (Å²) in [6.45, 7) is 5.17. The molecule has 202 valence electrons. The molecule has 38 heavy (non-hydrogen) atoms. The average molecular weight is 538 g/mol. The molecule has 8 nitrogen and oxygen atoms in total. The minimum absolute atomic E-state index is 0.0563. The van der Waals surface area contributed by atoms with Crippen LogP contribution in [0.1, 0.15) is 32.8 Å². The molecule has 0 radical (unpaired) electrons. The first-order chi connectivity index (χ1) is 18.2. The first-order valence-corrected chi connectivity index (χ1v) is 14.0. The quantitative estimate of drug-likeness (QED) is 0.373. The van der Waals surface area contributed by atoms with Gasteiger partial charge in [-0.05, 0) is 62.2 Å². The van der Waals surface area contributed by atoms with Gasteiger partial charge in [0.15, 0.2) is 0 Å². The third kappa shape index (κ3) is 7.13. The summed E-state index contributed by atoms with van der Waals surface area (Å²) in [4.78, 5) is 28.4. The highest BCUT2D eigenvalue weighted by atomic mass is 32.2. The van der Waals surface area contributed by atoms with Gasteiger partial charge in [-0.25, -0.2) is 8.42 Å². The van der Waals surface area contributed by atoms with E-state index < -0.39 is 28.5 Å². The van der Waals surface area contributed by atoms with E-state index in [1.165, 1.54) is 24.1 Å². The smallest absolute Gasteiger partial charge is 0.264 e. The molecule has 0 spiro atoms. The number of sulfonamides is 1.